The van der Waals surface area contributed by atoms with E-state index in [1.807, 2.05) is 0 Å². The predicted octanol–water partition coefficient (Wildman–Crippen LogP) is 3.93. The number of nitrogens with zero attached hydrogens (tertiary/aromatic N) is 1. The van der Waals surface area contributed by atoms with E-state index >= 15 is 0 Å². The summed E-state index contributed by atoms with van der Waals surface area (Å²) in [7, 11) is 0. The maximum Gasteiger partial charge on any atom is 0.335 e. The number of hydrogen-bond donors (Lipinski definition) is 2. The Labute approximate surface area is 199 Å². The van der Waals surface area contributed by atoms with Crippen LogP contribution in [0.1, 0.15) is 21.5 Å². The number of anilines is 1. The Bertz CT molecular complexity index is 1320. The molecule has 0 spiro atoms. The minimum absolute atomic E-state index is 0.0523. The van der Waals surface area contributed by atoms with Crippen molar-refractivity contribution in [2.45, 2.75) is 6.61 Å². The van der Waals surface area contributed by atoms with E-state index in [9.17, 15) is 18.8 Å². The maximum atomic E-state index is 14.2. The number of carboxylic acids is 1. The smallest absolute Gasteiger partial charge is 0.335 e. The molecule has 1 fully saturated rings. The van der Waals surface area contributed by atoms with E-state index in [1.165, 1.54) is 36.4 Å². The summed E-state index contributed by atoms with van der Waals surface area (Å²) in [6.45, 7) is 0.232. The first-order valence-corrected chi connectivity index (χ1v) is 10.5. The number of carbonyl (C=O) groups is 3. The fourth-order valence-corrected chi connectivity index (χ4v) is 3.52. The molecule has 1 heterocycles. The highest BCUT2D eigenvalue weighted by molar-refractivity contribution is 7.80. The van der Waals surface area contributed by atoms with Gasteiger partial charge < -0.3 is 9.84 Å². The van der Waals surface area contributed by atoms with E-state index in [-0.39, 0.29) is 28.5 Å². The molecule has 0 radical (unpaired) electrons. The lowest BCUT2D eigenvalue weighted by molar-refractivity contribution is -0.122. The Kier molecular flexibility index (Phi) is 6.46. The van der Waals surface area contributed by atoms with Crippen LogP contribution in [0.15, 0.2) is 78.4 Å². The van der Waals surface area contributed by atoms with Gasteiger partial charge in [-0.3, -0.25) is 14.9 Å². The highest BCUT2D eigenvalue weighted by Crippen LogP contribution is 2.25. The van der Waals surface area contributed by atoms with Gasteiger partial charge in [0, 0.05) is 0 Å². The molecule has 0 bridgehead atoms. The van der Waals surface area contributed by atoms with Crippen molar-refractivity contribution in [2.75, 3.05) is 4.90 Å². The van der Waals surface area contributed by atoms with E-state index in [1.54, 1.807) is 42.5 Å². The minimum atomic E-state index is -0.999. The van der Waals surface area contributed by atoms with Crippen molar-refractivity contribution in [3.63, 3.8) is 0 Å². The Morgan fingerprint density at radius 3 is 2.35 bits per heavy atom. The summed E-state index contributed by atoms with van der Waals surface area (Å²) >= 11 is 5.08. The Morgan fingerprint density at radius 2 is 1.71 bits per heavy atom. The molecule has 9 heteroatoms. The van der Waals surface area contributed by atoms with Crippen molar-refractivity contribution in [1.82, 2.24) is 5.32 Å². The first-order chi connectivity index (χ1) is 16.3. The van der Waals surface area contributed by atoms with Crippen molar-refractivity contribution in [1.29, 1.82) is 0 Å². The lowest BCUT2D eigenvalue weighted by atomic mass is 10.1. The van der Waals surface area contributed by atoms with Gasteiger partial charge >= 0.3 is 5.97 Å². The number of ether oxygens (including phenoxy) is 1. The van der Waals surface area contributed by atoms with E-state index in [4.69, 9.17) is 22.1 Å². The number of benzene rings is 3. The summed E-state index contributed by atoms with van der Waals surface area (Å²) in [6, 6.07) is 18.6. The third kappa shape index (κ3) is 4.84. The lowest BCUT2D eigenvalue weighted by Crippen LogP contribution is -2.54. The summed E-state index contributed by atoms with van der Waals surface area (Å²) in [4.78, 5) is 37.3. The molecule has 1 aliphatic rings. The van der Waals surface area contributed by atoms with Gasteiger partial charge in [-0.25, -0.2) is 14.1 Å². The van der Waals surface area contributed by atoms with E-state index < -0.39 is 23.6 Å². The number of hydrogen-bond acceptors (Lipinski definition) is 5. The third-order valence-corrected chi connectivity index (χ3v) is 5.28. The van der Waals surface area contributed by atoms with Crippen LogP contribution >= 0.6 is 12.2 Å². The van der Waals surface area contributed by atoms with E-state index in [2.05, 4.69) is 5.32 Å². The molecule has 2 N–H and O–H groups in total. The molecule has 7 nitrogen and oxygen atoms in total. The molecule has 2 amide bonds. The molecular formula is C25H17FN2O5S. The van der Waals surface area contributed by atoms with E-state index in [0.29, 0.717) is 11.3 Å². The quantitative estimate of drug-likeness (QED) is 0.318. The molecule has 4 rings (SSSR count). The zero-order chi connectivity index (χ0) is 24.2. The average Bonchev–Trinajstić information content (AvgIpc) is 2.82. The third-order valence-electron chi connectivity index (χ3n) is 4.99. The van der Waals surface area contributed by atoms with Crippen molar-refractivity contribution < 1.29 is 28.6 Å². The summed E-state index contributed by atoms with van der Waals surface area (Å²) < 4.78 is 19.9. The summed E-state index contributed by atoms with van der Waals surface area (Å²) in [5.74, 6) is -2.51. The molecule has 1 aliphatic heterocycles. The van der Waals surface area contributed by atoms with Gasteiger partial charge in [-0.05, 0) is 65.8 Å². The largest absolute Gasteiger partial charge is 0.489 e. The van der Waals surface area contributed by atoms with Crippen LogP contribution in [-0.4, -0.2) is 28.0 Å². The van der Waals surface area contributed by atoms with E-state index in [0.717, 1.165) is 10.5 Å². The fraction of sp³-hybridized carbons (Fsp3) is 0.0400. The van der Waals surface area contributed by atoms with Crippen molar-refractivity contribution in [3.05, 3.63) is 101 Å². The molecule has 34 heavy (non-hydrogen) atoms. The number of aromatic carboxylic acids is 1. The van der Waals surface area contributed by atoms with Crippen LogP contribution in [-0.2, 0) is 16.2 Å². The van der Waals surface area contributed by atoms with Crippen LogP contribution in [0.5, 0.6) is 5.75 Å². The van der Waals surface area contributed by atoms with Crippen LogP contribution in [0.3, 0.4) is 0 Å². The lowest BCUT2D eigenvalue weighted by Gasteiger charge is -2.29. The number of carbonyl (C=O) groups excluding carboxylic acids is 2. The Morgan fingerprint density at radius 1 is 1.03 bits per heavy atom. The fourth-order valence-electron chi connectivity index (χ4n) is 3.25. The normalized spacial score (nSPS) is 14.8. The van der Waals surface area contributed by atoms with Gasteiger partial charge in [0.25, 0.3) is 11.8 Å². The molecule has 0 unspecified atom stereocenters. The van der Waals surface area contributed by atoms with Crippen molar-refractivity contribution in [2.24, 2.45) is 0 Å². The number of halogens is 1. The van der Waals surface area contributed by atoms with Crippen molar-refractivity contribution in [3.8, 4) is 5.75 Å². The maximum absolute atomic E-state index is 14.2. The molecule has 0 atom stereocenters. The van der Waals surface area contributed by atoms with Crippen LogP contribution in [0, 0.1) is 5.82 Å². The number of amides is 2. The zero-order valence-corrected chi connectivity index (χ0v) is 18.3. The highest BCUT2D eigenvalue weighted by atomic mass is 32.1. The Balaban J connectivity index is 1.49. The molecule has 0 aliphatic carbocycles. The minimum Gasteiger partial charge on any atom is -0.489 e. The van der Waals surface area contributed by atoms with Crippen molar-refractivity contribution >= 4 is 46.9 Å². The molecule has 0 aromatic heterocycles. The zero-order valence-electron chi connectivity index (χ0n) is 17.5. The molecule has 3 aromatic rings. The van der Waals surface area contributed by atoms with Gasteiger partial charge in [0.15, 0.2) is 5.11 Å². The SMILES string of the molecule is O=C1NC(=S)N(c2ccccc2F)C(=O)C1=Cc1ccc(OCc2ccc(C(=O)O)cc2)cc1. The molecular weight excluding hydrogens is 459 g/mol. The van der Waals surface area contributed by atoms with Gasteiger partial charge in [-0.1, -0.05) is 36.4 Å². The second-order valence-electron chi connectivity index (χ2n) is 7.27. The topological polar surface area (TPSA) is 95.9 Å². The number of carboxylic acid groups (broad SMARTS) is 1. The first kappa shape index (κ1) is 22.8. The van der Waals surface area contributed by atoms with Crippen LogP contribution < -0.4 is 15.0 Å². The van der Waals surface area contributed by atoms with Crippen LogP contribution in [0.25, 0.3) is 6.08 Å². The summed E-state index contributed by atoms with van der Waals surface area (Å²) in [5.41, 5.74) is 1.30. The monoisotopic (exact) mass is 476 g/mol. The number of thiocarbonyl (C=S) groups is 1. The highest BCUT2D eigenvalue weighted by Gasteiger charge is 2.35. The second-order valence-corrected chi connectivity index (χ2v) is 7.66. The predicted molar refractivity (Wildman–Crippen MR) is 127 cm³/mol. The second kappa shape index (κ2) is 9.63. The van der Waals surface area contributed by atoms with Crippen LogP contribution in [0.4, 0.5) is 10.1 Å². The number of nitrogens with one attached hydrogen (secondary N) is 1. The summed E-state index contributed by atoms with van der Waals surface area (Å²) in [5, 5.41) is 11.2. The average molecular weight is 476 g/mol. The Hall–Kier alpha value is -4.37. The van der Waals surface area contributed by atoms with Gasteiger partial charge in [-0.2, -0.15) is 0 Å². The number of para-hydroxylation sites is 1. The molecule has 3 aromatic carbocycles. The number of rotatable bonds is 6. The molecule has 170 valence electrons. The van der Waals surface area contributed by atoms with Gasteiger partial charge in [-0.15, -0.1) is 0 Å². The first-order valence-electron chi connectivity index (χ1n) is 10.0. The van der Waals surface area contributed by atoms with Gasteiger partial charge in [0.1, 0.15) is 23.7 Å². The van der Waals surface area contributed by atoms with Gasteiger partial charge in [0.05, 0.1) is 11.3 Å². The van der Waals surface area contributed by atoms with Gasteiger partial charge in [0.2, 0.25) is 0 Å². The molecule has 0 saturated carbocycles. The molecule has 1 saturated heterocycles. The summed E-state index contributed by atoms with van der Waals surface area (Å²) in [6.07, 6.45) is 1.39. The van der Waals surface area contributed by atoms with Crippen LogP contribution in [0.2, 0.25) is 0 Å². The standard InChI is InChI=1S/C25H17FN2O5S/c26-20-3-1-2-4-21(20)28-23(30)19(22(29)27-25(28)34)13-15-7-11-18(12-8-15)33-14-16-5-9-17(10-6-16)24(31)32/h1-13H,14H2,(H,31,32)(H,27,29,34).